The highest BCUT2D eigenvalue weighted by Crippen LogP contribution is 2.12. The highest BCUT2D eigenvalue weighted by molar-refractivity contribution is 4.98. The number of rotatable bonds is 3. The summed E-state index contributed by atoms with van der Waals surface area (Å²) in [4.78, 5) is 4.21. The Hall–Kier alpha value is -1.62. The Morgan fingerprint density at radius 3 is 3.44 bits per heavy atom. The third kappa shape index (κ3) is 1.86. The predicted octanol–water partition coefficient (Wildman–Crippen LogP) is 0.976. The van der Waals surface area contributed by atoms with Gasteiger partial charge in [-0.25, -0.2) is 9.67 Å². The van der Waals surface area contributed by atoms with Crippen molar-refractivity contribution in [2.75, 3.05) is 0 Å². The lowest BCUT2D eigenvalue weighted by molar-refractivity contribution is 0.344. The lowest BCUT2D eigenvalue weighted by Gasteiger charge is -2.23. The summed E-state index contributed by atoms with van der Waals surface area (Å²) in [6.45, 7) is 1.68. The van der Waals surface area contributed by atoms with E-state index in [2.05, 4.69) is 15.4 Å². The number of aromatic nitrogens is 3. The minimum Gasteiger partial charge on any atom is -0.468 e. The third-order valence-corrected chi connectivity index (χ3v) is 2.95. The largest absolute Gasteiger partial charge is 0.468 e. The first-order valence-corrected chi connectivity index (χ1v) is 5.54. The molecule has 84 valence electrons. The van der Waals surface area contributed by atoms with Crippen molar-refractivity contribution in [2.45, 2.75) is 32.0 Å². The Morgan fingerprint density at radius 2 is 2.56 bits per heavy atom. The molecule has 1 aliphatic heterocycles. The van der Waals surface area contributed by atoms with E-state index in [1.54, 1.807) is 12.6 Å². The van der Waals surface area contributed by atoms with Crippen LogP contribution in [0.15, 0.2) is 29.1 Å². The lowest BCUT2D eigenvalue weighted by atomic mass is 10.1. The molecule has 0 saturated heterocycles. The van der Waals surface area contributed by atoms with Gasteiger partial charge in [0.15, 0.2) is 0 Å². The summed E-state index contributed by atoms with van der Waals surface area (Å²) in [7, 11) is 0. The van der Waals surface area contributed by atoms with Gasteiger partial charge in [0, 0.05) is 12.5 Å². The summed E-state index contributed by atoms with van der Waals surface area (Å²) in [5.74, 6) is 2.07. The molecule has 3 heterocycles. The molecule has 0 fully saturated rings. The molecule has 1 aliphatic rings. The molecule has 0 radical (unpaired) electrons. The SMILES string of the molecule is c1coc(CNC2CCc3ncnn3C2)c1. The average Bonchev–Trinajstić information content (AvgIpc) is 2.97. The molecule has 0 bridgehead atoms. The smallest absolute Gasteiger partial charge is 0.138 e. The number of hydrogen-bond donors (Lipinski definition) is 1. The number of hydrogen-bond acceptors (Lipinski definition) is 4. The summed E-state index contributed by atoms with van der Waals surface area (Å²) in [6, 6.07) is 4.35. The quantitative estimate of drug-likeness (QED) is 0.834. The van der Waals surface area contributed by atoms with Gasteiger partial charge in [-0.15, -0.1) is 0 Å². The highest BCUT2D eigenvalue weighted by Gasteiger charge is 2.19. The van der Waals surface area contributed by atoms with Gasteiger partial charge in [-0.2, -0.15) is 5.10 Å². The van der Waals surface area contributed by atoms with Crippen molar-refractivity contribution in [1.82, 2.24) is 20.1 Å². The molecule has 0 amide bonds. The molecule has 1 atom stereocenters. The zero-order chi connectivity index (χ0) is 10.8. The molecule has 0 spiro atoms. The number of nitrogens with zero attached hydrogens (tertiary/aromatic N) is 3. The second-order valence-electron chi connectivity index (χ2n) is 4.05. The van der Waals surface area contributed by atoms with Crippen LogP contribution in [0.3, 0.4) is 0 Å². The fourth-order valence-electron chi connectivity index (χ4n) is 2.06. The number of nitrogens with one attached hydrogen (secondary N) is 1. The molecule has 0 saturated carbocycles. The maximum absolute atomic E-state index is 5.28. The van der Waals surface area contributed by atoms with E-state index >= 15 is 0 Å². The first-order chi connectivity index (χ1) is 7.92. The molecule has 3 rings (SSSR count). The first kappa shape index (κ1) is 9.59. The van der Waals surface area contributed by atoms with Gasteiger partial charge in [-0.3, -0.25) is 0 Å². The maximum Gasteiger partial charge on any atom is 0.138 e. The fraction of sp³-hybridized carbons (Fsp3) is 0.455. The summed E-state index contributed by atoms with van der Waals surface area (Å²) in [5, 5.41) is 7.67. The van der Waals surface area contributed by atoms with Crippen molar-refractivity contribution < 1.29 is 4.42 Å². The van der Waals surface area contributed by atoms with Gasteiger partial charge in [-0.05, 0) is 18.6 Å². The minimum atomic E-state index is 0.458. The van der Waals surface area contributed by atoms with E-state index in [1.165, 1.54) is 0 Å². The zero-order valence-corrected chi connectivity index (χ0v) is 8.97. The van der Waals surface area contributed by atoms with Gasteiger partial charge in [-0.1, -0.05) is 0 Å². The van der Waals surface area contributed by atoms with E-state index in [0.717, 1.165) is 37.5 Å². The van der Waals surface area contributed by atoms with E-state index in [-0.39, 0.29) is 0 Å². The summed E-state index contributed by atoms with van der Waals surface area (Å²) < 4.78 is 7.26. The van der Waals surface area contributed by atoms with E-state index in [4.69, 9.17) is 4.42 Å². The van der Waals surface area contributed by atoms with Crippen LogP contribution in [0.1, 0.15) is 18.0 Å². The second kappa shape index (κ2) is 4.09. The van der Waals surface area contributed by atoms with Crippen LogP contribution in [0.4, 0.5) is 0 Å². The van der Waals surface area contributed by atoms with Gasteiger partial charge in [0.1, 0.15) is 17.9 Å². The second-order valence-corrected chi connectivity index (χ2v) is 4.05. The zero-order valence-electron chi connectivity index (χ0n) is 8.97. The average molecular weight is 218 g/mol. The van der Waals surface area contributed by atoms with Gasteiger partial charge >= 0.3 is 0 Å². The standard InChI is InChI=1S/C11H14N4O/c1-2-10(16-5-1)6-12-9-3-4-11-13-8-14-15(11)7-9/h1-2,5,8-9,12H,3-4,6-7H2. The van der Waals surface area contributed by atoms with Crippen LogP contribution in [-0.2, 0) is 19.5 Å². The van der Waals surface area contributed by atoms with Crippen LogP contribution in [0, 0.1) is 0 Å². The van der Waals surface area contributed by atoms with Crippen molar-refractivity contribution in [3.05, 3.63) is 36.3 Å². The van der Waals surface area contributed by atoms with Crippen LogP contribution in [-0.4, -0.2) is 20.8 Å². The molecule has 2 aromatic rings. The van der Waals surface area contributed by atoms with Crippen molar-refractivity contribution in [3.8, 4) is 0 Å². The van der Waals surface area contributed by atoms with Crippen LogP contribution in [0.25, 0.3) is 0 Å². The first-order valence-electron chi connectivity index (χ1n) is 5.54. The molecular weight excluding hydrogens is 204 g/mol. The molecule has 5 heteroatoms. The molecule has 1 unspecified atom stereocenters. The summed E-state index contributed by atoms with van der Waals surface area (Å²) in [5.41, 5.74) is 0. The number of furan rings is 1. The third-order valence-electron chi connectivity index (χ3n) is 2.95. The van der Waals surface area contributed by atoms with Gasteiger partial charge in [0.2, 0.25) is 0 Å². The van der Waals surface area contributed by atoms with Gasteiger partial charge < -0.3 is 9.73 Å². The van der Waals surface area contributed by atoms with E-state index < -0.39 is 0 Å². The Balaban J connectivity index is 1.58. The van der Waals surface area contributed by atoms with Gasteiger partial charge in [0.05, 0.1) is 19.4 Å². The Bertz CT molecular complexity index is 448. The summed E-state index contributed by atoms with van der Waals surface area (Å²) >= 11 is 0. The van der Waals surface area contributed by atoms with Crippen LogP contribution in [0.2, 0.25) is 0 Å². The minimum absolute atomic E-state index is 0.458. The molecule has 0 aromatic carbocycles. The van der Waals surface area contributed by atoms with Crippen LogP contribution in [0.5, 0.6) is 0 Å². The monoisotopic (exact) mass is 218 g/mol. The molecule has 1 N–H and O–H groups in total. The Labute approximate surface area is 93.5 Å². The highest BCUT2D eigenvalue weighted by atomic mass is 16.3. The van der Waals surface area contributed by atoms with Crippen molar-refractivity contribution in [3.63, 3.8) is 0 Å². The predicted molar refractivity (Wildman–Crippen MR) is 57.7 cm³/mol. The lowest BCUT2D eigenvalue weighted by Crippen LogP contribution is -2.37. The Morgan fingerprint density at radius 1 is 1.56 bits per heavy atom. The van der Waals surface area contributed by atoms with Gasteiger partial charge in [0.25, 0.3) is 0 Å². The maximum atomic E-state index is 5.28. The molecule has 16 heavy (non-hydrogen) atoms. The topological polar surface area (TPSA) is 55.9 Å². The van der Waals surface area contributed by atoms with E-state index in [1.807, 2.05) is 16.8 Å². The van der Waals surface area contributed by atoms with Crippen LogP contribution >= 0.6 is 0 Å². The van der Waals surface area contributed by atoms with Crippen molar-refractivity contribution in [1.29, 1.82) is 0 Å². The normalized spacial score (nSPS) is 19.6. The van der Waals surface area contributed by atoms with Crippen molar-refractivity contribution >= 4 is 0 Å². The molecule has 5 nitrogen and oxygen atoms in total. The Kier molecular flexibility index (Phi) is 2.46. The number of aryl methyl sites for hydroxylation is 1. The van der Waals surface area contributed by atoms with Crippen molar-refractivity contribution in [2.24, 2.45) is 0 Å². The molecule has 2 aromatic heterocycles. The fourth-order valence-corrected chi connectivity index (χ4v) is 2.06. The number of fused-ring (bicyclic) bond motifs is 1. The van der Waals surface area contributed by atoms with E-state index in [0.29, 0.717) is 6.04 Å². The van der Waals surface area contributed by atoms with Crippen LogP contribution < -0.4 is 5.32 Å². The molecule has 0 aliphatic carbocycles. The summed E-state index contributed by atoms with van der Waals surface area (Å²) in [6.07, 6.45) is 5.44. The molecular formula is C11H14N4O. The van der Waals surface area contributed by atoms with E-state index in [9.17, 15) is 0 Å².